The summed E-state index contributed by atoms with van der Waals surface area (Å²) in [7, 11) is 1.47. The smallest absolute Gasteiger partial charge is 0.440 e. The average molecular weight is 265 g/mol. The van der Waals surface area contributed by atoms with Crippen molar-refractivity contribution in [1.82, 2.24) is 0 Å². The van der Waals surface area contributed by atoms with E-state index in [-0.39, 0.29) is 23.8 Å². The SMILES string of the molecule is O=S(=O)(Cl)c1cc[c-]cc1.O=[C-]/C=C\[C-]=O.[Li+]. The van der Waals surface area contributed by atoms with Gasteiger partial charge in [-0.15, -0.1) is 12.6 Å². The summed E-state index contributed by atoms with van der Waals surface area (Å²) in [5, 5.41) is 0. The van der Waals surface area contributed by atoms with Crippen LogP contribution in [-0.2, 0) is 18.6 Å². The number of halogens is 1. The van der Waals surface area contributed by atoms with E-state index >= 15 is 0 Å². The first-order valence-corrected chi connectivity index (χ1v) is 6.14. The van der Waals surface area contributed by atoms with E-state index in [0.29, 0.717) is 0 Å². The maximum absolute atomic E-state index is 10.6. The van der Waals surface area contributed by atoms with Crippen LogP contribution in [0.3, 0.4) is 0 Å². The zero-order chi connectivity index (χ0) is 12.4. The van der Waals surface area contributed by atoms with Crippen molar-refractivity contribution in [3.63, 3.8) is 0 Å². The Hall–Kier alpha value is -0.863. The molecule has 0 saturated heterocycles. The summed E-state index contributed by atoms with van der Waals surface area (Å²) in [4.78, 5) is 18.5. The first kappa shape index (κ1) is 18.5. The fraction of sp³-hybridized carbons (Fsp3) is 0. The van der Waals surface area contributed by atoms with E-state index in [1.807, 2.05) is 0 Å². The molecule has 1 aromatic carbocycles. The summed E-state index contributed by atoms with van der Waals surface area (Å²) in [5.41, 5.74) is 0. The minimum Gasteiger partial charge on any atom is -0.440 e. The van der Waals surface area contributed by atoms with Gasteiger partial charge in [0.1, 0.15) is 0 Å². The molecule has 0 aliphatic rings. The third-order valence-electron chi connectivity index (χ3n) is 1.19. The van der Waals surface area contributed by atoms with Crippen LogP contribution in [0.1, 0.15) is 0 Å². The largest absolute Gasteiger partial charge is 1.00 e. The van der Waals surface area contributed by atoms with Gasteiger partial charge >= 0.3 is 18.9 Å². The molecule has 0 radical (unpaired) electrons. The molecule has 0 atom stereocenters. The Balaban J connectivity index is 0. The maximum atomic E-state index is 10.6. The van der Waals surface area contributed by atoms with Crippen LogP contribution in [0.15, 0.2) is 41.3 Å². The predicted octanol–water partition coefficient (Wildman–Crippen LogP) is -1.82. The molecule has 0 amide bonds. The maximum Gasteiger partial charge on any atom is 1.00 e. The van der Waals surface area contributed by atoms with Gasteiger partial charge in [-0.3, -0.25) is 0 Å². The number of allylic oxidation sites excluding steroid dienone is 2. The standard InChI is InChI=1S/C6H4ClO2S.C4H2O2.Li/c7-10(8,9)6-4-2-1-3-5-6;5-3-1-2-4-6;/h2-5H;1-2H;/q-1;-2;+1/b;2-1-;. The number of carbonyl (C=O) groups excluding carboxylic acids is 2. The van der Waals surface area contributed by atoms with Crippen molar-refractivity contribution in [3.8, 4) is 0 Å². The monoisotopic (exact) mass is 264 g/mol. The van der Waals surface area contributed by atoms with Crippen LogP contribution in [0.5, 0.6) is 0 Å². The molecule has 0 aliphatic heterocycles. The van der Waals surface area contributed by atoms with Gasteiger partial charge in [0, 0.05) is 10.7 Å². The fourth-order valence-corrected chi connectivity index (χ4v) is 1.37. The van der Waals surface area contributed by atoms with Gasteiger partial charge in [-0.2, -0.15) is 30.3 Å². The Bertz CT molecular complexity index is 446. The fourth-order valence-electron chi connectivity index (χ4n) is 0.602. The van der Waals surface area contributed by atoms with Crippen LogP contribution >= 0.6 is 10.7 Å². The van der Waals surface area contributed by atoms with E-state index in [1.54, 1.807) is 0 Å². The molecule has 0 aromatic heterocycles. The van der Waals surface area contributed by atoms with Crippen molar-refractivity contribution in [2.45, 2.75) is 4.90 Å². The quantitative estimate of drug-likeness (QED) is 0.279. The number of hydrogen-bond acceptors (Lipinski definition) is 4. The normalized spacial score (nSPS) is 9.71. The zero-order valence-electron chi connectivity index (χ0n) is 8.88. The molecule has 0 unspecified atom stereocenters. The van der Waals surface area contributed by atoms with Crippen molar-refractivity contribution >= 4 is 32.3 Å². The summed E-state index contributed by atoms with van der Waals surface area (Å²) in [6.07, 6.45) is 4.65. The molecule has 1 rings (SSSR count). The minimum absolute atomic E-state index is 0. The molecule has 17 heavy (non-hydrogen) atoms. The molecule has 1 aromatic rings. The summed E-state index contributed by atoms with van der Waals surface area (Å²) < 4.78 is 21.2. The Kier molecular flexibility index (Phi) is 11.2. The van der Waals surface area contributed by atoms with Crippen LogP contribution in [0, 0.1) is 6.07 Å². The third-order valence-corrected chi connectivity index (χ3v) is 2.56. The molecular weight excluding hydrogens is 259 g/mol. The van der Waals surface area contributed by atoms with Crippen LogP contribution in [0.25, 0.3) is 0 Å². The summed E-state index contributed by atoms with van der Waals surface area (Å²) >= 11 is 0. The first-order chi connectivity index (χ1) is 7.52. The van der Waals surface area contributed by atoms with Gasteiger partial charge in [0.05, 0.1) is 0 Å². The van der Waals surface area contributed by atoms with Gasteiger partial charge in [0.15, 0.2) is 0 Å². The minimum atomic E-state index is -3.55. The van der Waals surface area contributed by atoms with Crippen LogP contribution in [-0.4, -0.2) is 21.0 Å². The summed E-state index contributed by atoms with van der Waals surface area (Å²) in [6.45, 7) is 0. The van der Waals surface area contributed by atoms with E-state index in [4.69, 9.17) is 10.7 Å². The second-order valence-corrected chi connectivity index (χ2v) is 4.81. The average Bonchev–Trinajstić information content (AvgIpc) is 2.27. The molecule has 4 nitrogen and oxygen atoms in total. The van der Waals surface area contributed by atoms with E-state index in [0.717, 1.165) is 12.2 Å². The van der Waals surface area contributed by atoms with Gasteiger partial charge in [0.25, 0.3) is 0 Å². The van der Waals surface area contributed by atoms with E-state index in [9.17, 15) is 18.0 Å². The molecule has 0 spiro atoms. The van der Waals surface area contributed by atoms with Gasteiger partial charge < -0.3 is 21.7 Å². The number of benzene rings is 1. The Labute approximate surface area is 116 Å². The molecule has 7 heteroatoms. The Morgan fingerprint density at radius 3 is 1.76 bits per heavy atom. The topological polar surface area (TPSA) is 68.3 Å². The molecule has 0 saturated carbocycles. The molecule has 0 N–H and O–H groups in total. The van der Waals surface area contributed by atoms with Gasteiger partial charge in [0.2, 0.25) is 9.05 Å². The summed E-state index contributed by atoms with van der Waals surface area (Å²) in [6, 6.07) is 8.45. The van der Waals surface area contributed by atoms with Crippen molar-refractivity contribution in [3.05, 3.63) is 42.5 Å². The molecule has 0 fully saturated rings. The molecule has 0 aliphatic carbocycles. The van der Waals surface area contributed by atoms with E-state index in [2.05, 4.69) is 6.07 Å². The Morgan fingerprint density at radius 2 is 1.53 bits per heavy atom. The second-order valence-electron chi connectivity index (χ2n) is 2.24. The Morgan fingerprint density at radius 1 is 1.12 bits per heavy atom. The van der Waals surface area contributed by atoms with Crippen LogP contribution in [0.4, 0.5) is 0 Å². The van der Waals surface area contributed by atoms with Crippen LogP contribution < -0.4 is 18.9 Å². The van der Waals surface area contributed by atoms with Crippen molar-refractivity contribution < 1.29 is 36.9 Å². The van der Waals surface area contributed by atoms with Crippen molar-refractivity contribution in [2.75, 3.05) is 0 Å². The molecule has 0 heterocycles. The zero-order valence-corrected chi connectivity index (χ0v) is 10.5. The first-order valence-electron chi connectivity index (χ1n) is 3.83. The third kappa shape index (κ3) is 10.0. The van der Waals surface area contributed by atoms with E-state index < -0.39 is 9.05 Å². The van der Waals surface area contributed by atoms with Crippen molar-refractivity contribution in [1.29, 1.82) is 0 Å². The predicted molar refractivity (Wildman–Crippen MR) is 58.8 cm³/mol. The van der Waals surface area contributed by atoms with E-state index in [1.165, 1.54) is 36.8 Å². The molecular formula is C10H6ClLiO4S-2. The molecule has 86 valence electrons. The van der Waals surface area contributed by atoms with Gasteiger partial charge in [-0.25, -0.2) is 8.42 Å². The van der Waals surface area contributed by atoms with Crippen molar-refractivity contribution in [2.24, 2.45) is 0 Å². The van der Waals surface area contributed by atoms with Gasteiger partial charge in [-0.1, -0.05) is 0 Å². The number of hydrogen-bond donors (Lipinski definition) is 0. The molecule has 0 bridgehead atoms. The summed E-state index contributed by atoms with van der Waals surface area (Å²) in [5.74, 6) is 0. The van der Waals surface area contributed by atoms with Crippen LogP contribution in [0.2, 0.25) is 0 Å². The number of rotatable bonds is 3. The van der Waals surface area contributed by atoms with Gasteiger partial charge in [-0.05, 0) is 4.90 Å². The second kappa shape index (κ2) is 10.3.